The lowest BCUT2D eigenvalue weighted by molar-refractivity contribution is 0.656. The van der Waals surface area contributed by atoms with Gasteiger partial charge in [0.15, 0.2) is 0 Å². The summed E-state index contributed by atoms with van der Waals surface area (Å²) in [5.74, 6) is 6.33. The molecule has 0 aromatic heterocycles. The molecule has 0 spiro atoms. The maximum absolute atomic E-state index is 5.38. The molecule has 0 amide bonds. The van der Waals surface area contributed by atoms with Crippen molar-refractivity contribution in [3.63, 3.8) is 0 Å². The molecule has 12 heavy (non-hydrogen) atoms. The lowest BCUT2D eigenvalue weighted by atomic mass is 10.1. The lowest BCUT2D eigenvalue weighted by Gasteiger charge is -1.94. The van der Waals surface area contributed by atoms with Crippen LogP contribution in [0.25, 0.3) is 0 Å². The van der Waals surface area contributed by atoms with E-state index in [9.17, 15) is 0 Å². The molecular weight excluding hydrogens is 146 g/mol. The van der Waals surface area contributed by atoms with Crippen molar-refractivity contribution >= 4 is 0 Å². The third-order valence-electron chi connectivity index (χ3n) is 1.76. The average molecular weight is 167 g/mol. The highest BCUT2D eigenvalue weighted by Gasteiger charge is 1.85. The monoisotopic (exact) mass is 167 g/mol. The summed E-state index contributed by atoms with van der Waals surface area (Å²) < 4.78 is 0. The highest BCUT2D eigenvalue weighted by molar-refractivity contribution is 4.98. The Balaban J connectivity index is 2.96. The van der Waals surface area contributed by atoms with Gasteiger partial charge in [0.25, 0.3) is 0 Å². The molecule has 0 radical (unpaired) electrons. The van der Waals surface area contributed by atoms with E-state index >= 15 is 0 Å². The first-order valence-electron chi connectivity index (χ1n) is 5.07. The van der Waals surface area contributed by atoms with Crippen molar-refractivity contribution < 1.29 is 0 Å². The SMILES string of the molecule is CCCC#CCCCCCCN. The van der Waals surface area contributed by atoms with Crippen molar-refractivity contribution in [3.8, 4) is 11.8 Å². The van der Waals surface area contributed by atoms with Gasteiger partial charge in [-0.25, -0.2) is 0 Å². The molecular formula is C11H21N. The molecule has 0 aliphatic heterocycles. The summed E-state index contributed by atoms with van der Waals surface area (Å²) in [4.78, 5) is 0. The zero-order chi connectivity index (χ0) is 9.07. The van der Waals surface area contributed by atoms with Gasteiger partial charge in [-0.3, -0.25) is 0 Å². The van der Waals surface area contributed by atoms with E-state index in [0.717, 1.165) is 19.4 Å². The Hall–Kier alpha value is -0.480. The molecule has 0 unspecified atom stereocenters. The van der Waals surface area contributed by atoms with Crippen molar-refractivity contribution in [2.24, 2.45) is 5.73 Å². The Kier molecular flexibility index (Phi) is 10.1. The van der Waals surface area contributed by atoms with Crippen LogP contribution < -0.4 is 5.73 Å². The maximum Gasteiger partial charge on any atom is 0.00886 e. The van der Waals surface area contributed by atoms with Crippen LogP contribution in [0, 0.1) is 11.8 Å². The Morgan fingerprint density at radius 1 is 0.917 bits per heavy atom. The minimum Gasteiger partial charge on any atom is -0.330 e. The van der Waals surface area contributed by atoms with E-state index in [-0.39, 0.29) is 0 Å². The molecule has 0 heterocycles. The van der Waals surface area contributed by atoms with Gasteiger partial charge in [0.1, 0.15) is 0 Å². The fraction of sp³-hybridized carbons (Fsp3) is 0.818. The largest absolute Gasteiger partial charge is 0.330 e. The molecule has 0 aromatic rings. The molecule has 0 rings (SSSR count). The minimum atomic E-state index is 0.835. The molecule has 1 heteroatoms. The number of unbranched alkanes of at least 4 members (excludes halogenated alkanes) is 5. The van der Waals surface area contributed by atoms with Gasteiger partial charge in [-0.05, 0) is 25.8 Å². The normalized spacial score (nSPS) is 9.17. The molecule has 0 saturated carbocycles. The number of nitrogens with two attached hydrogens (primary N) is 1. The summed E-state index contributed by atoms with van der Waals surface area (Å²) in [7, 11) is 0. The Labute approximate surface area is 76.7 Å². The van der Waals surface area contributed by atoms with E-state index in [1.54, 1.807) is 0 Å². The summed E-state index contributed by atoms with van der Waals surface area (Å²) in [6.07, 6.45) is 8.29. The fourth-order valence-corrected chi connectivity index (χ4v) is 1.01. The highest BCUT2D eigenvalue weighted by atomic mass is 14.5. The molecule has 0 bridgehead atoms. The number of hydrogen-bond donors (Lipinski definition) is 1. The second kappa shape index (κ2) is 10.5. The molecule has 0 aromatic carbocycles. The zero-order valence-electron chi connectivity index (χ0n) is 8.23. The third kappa shape index (κ3) is 9.52. The van der Waals surface area contributed by atoms with Gasteiger partial charge < -0.3 is 5.73 Å². The fourth-order valence-electron chi connectivity index (χ4n) is 1.01. The van der Waals surface area contributed by atoms with Crippen LogP contribution in [-0.2, 0) is 0 Å². The second-order valence-electron chi connectivity index (χ2n) is 3.06. The predicted molar refractivity (Wildman–Crippen MR) is 54.8 cm³/mol. The molecule has 2 N–H and O–H groups in total. The van der Waals surface area contributed by atoms with Gasteiger partial charge in [-0.2, -0.15) is 0 Å². The lowest BCUT2D eigenvalue weighted by Crippen LogP contribution is -1.97. The van der Waals surface area contributed by atoms with Crippen molar-refractivity contribution in [2.45, 2.75) is 51.9 Å². The number of rotatable bonds is 6. The van der Waals surface area contributed by atoms with Crippen LogP contribution in [0.4, 0.5) is 0 Å². The topological polar surface area (TPSA) is 26.0 Å². The van der Waals surface area contributed by atoms with Crippen LogP contribution in [0.15, 0.2) is 0 Å². The van der Waals surface area contributed by atoms with Gasteiger partial charge in [0.05, 0.1) is 0 Å². The molecule has 0 saturated heterocycles. The molecule has 0 fully saturated rings. The first-order valence-corrected chi connectivity index (χ1v) is 5.07. The Bertz CT molecular complexity index is 130. The molecule has 1 nitrogen and oxygen atoms in total. The van der Waals surface area contributed by atoms with Crippen LogP contribution >= 0.6 is 0 Å². The van der Waals surface area contributed by atoms with Gasteiger partial charge in [0, 0.05) is 12.8 Å². The summed E-state index contributed by atoms with van der Waals surface area (Å²) >= 11 is 0. The van der Waals surface area contributed by atoms with Crippen molar-refractivity contribution in [1.29, 1.82) is 0 Å². The van der Waals surface area contributed by atoms with E-state index in [1.165, 1.54) is 32.1 Å². The van der Waals surface area contributed by atoms with Crippen LogP contribution in [0.2, 0.25) is 0 Å². The van der Waals surface area contributed by atoms with Crippen molar-refractivity contribution in [3.05, 3.63) is 0 Å². The molecule has 70 valence electrons. The first kappa shape index (κ1) is 11.5. The first-order chi connectivity index (χ1) is 5.91. The van der Waals surface area contributed by atoms with Crippen LogP contribution in [-0.4, -0.2) is 6.54 Å². The minimum absolute atomic E-state index is 0.835. The van der Waals surface area contributed by atoms with Gasteiger partial charge >= 0.3 is 0 Å². The highest BCUT2D eigenvalue weighted by Crippen LogP contribution is 2.00. The Morgan fingerprint density at radius 2 is 1.58 bits per heavy atom. The quantitative estimate of drug-likeness (QED) is 0.477. The third-order valence-corrected chi connectivity index (χ3v) is 1.76. The summed E-state index contributed by atoms with van der Waals surface area (Å²) in [5, 5.41) is 0. The van der Waals surface area contributed by atoms with Gasteiger partial charge in [-0.1, -0.05) is 19.8 Å². The predicted octanol–water partition coefficient (Wildman–Crippen LogP) is 2.70. The van der Waals surface area contributed by atoms with Crippen molar-refractivity contribution in [2.75, 3.05) is 6.54 Å². The molecule has 0 aliphatic rings. The second-order valence-corrected chi connectivity index (χ2v) is 3.06. The smallest absolute Gasteiger partial charge is 0.00886 e. The van der Waals surface area contributed by atoms with E-state index in [1.807, 2.05) is 0 Å². The van der Waals surface area contributed by atoms with Crippen molar-refractivity contribution in [1.82, 2.24) is 0 Å². The average Bonchev–Trinajstić information content (AvgIpc) is 2.10. The molecule has 0 atom stereocenters. The van der Waals surface area contributed by atoms with E-state index < -0.39 is 0 Å². The van der Waals surface area contributed by atoms with E-state index in [0.29, 0.717) is 0 Å². The van der Waals surface area contributed by atoms with Gasteiger partial charge in [0.2, 0.25) is 0 Å². The standard InChI is InChI=1S/C11H21N/c1-2-3-4-5-6-7-8-9-10-11-12/h2-3,6-12H2,1H3. The summed E-state index contributed by atoms with van der Waals surface area (Å²) in [5.41, 5.74) is 5.38. The van der Waals surface area contributed by atoms with Gasteiger partial charge in [-0.15, -0.1) is 11.8 Å². The van der Waals surface area contributed by atoms with E-state index in [2.05, 4.69) is 18.8 Å². The number of hydrogen-bond acceptors (Lipinski definition) is 1. The summed E-state index contributed by atoms with van der Waals surface area (Å²) in [6, 6.07) is 0. The van der Waals surface area contributed by atoms with Crippen LogP contribution in [0.3, 0.4) is 0 Å². The Morgan fingerprint density at radius 3 is 2.25 bits per heavy atom. The van der Waals surface area contributed by atoms with Crippen LogP contribution in [0.1, 0.15) is 51.9 Å². The molecule has 0 aliphatic carbocycles. The summed E-state index contributed by atoms with van der Waals surface area (Å²) in [6.45, 7) is 3.00. The maximum atomic E-state index is 5.38. The van der Waals surface area contributed by atoms with E-state index in [4.69, 9.17) is 5.73 Å². The van der Waals surface area contributed by atoms with Crippen LogP contribution in [0.5, 0.6) is 0 Å². The zero-order valence-corrected chi connectivity index (χ0v) is 8.23.